The van der Waals surface area contributed by atoms with Crippen LogP contribution in [0.4, 0.5) is 0 Å². The van der Waals surface area contributed by atoms with Crippen molar-refractivity contribution in [3.8, 4) is 11.3 Å². The largest absolute Gasteiger partial charge is 0.309 e. The van der Waals surface area contributed by atoms with Crippen LogP contribution in [0.2, 0.25) is 0 Å². The van der Waals surface area contributed by atoms with E-state index < -0.39 is 0 Å². The molecule has 4 nitrogen and oxygen atoms in total. The lowest BCUT2D eigenvalue weighted by Gasteiger charge is -2.09. The molecule has 0 saturated heterocycles. The van der Waals surface area contributed by atoms with Crippen LogP contribution in [0, 0.1) is 0 Å². The van der Waals surface area contributed by atoms with Crippen molar-refractivity contribution < 1.29 is 0 Å². The molecule has 1 heterocycles. The van der Waals surface area contributed by atoms with Gasteiger partial charge in [0, 0.05) is 18.2 Å². The smallest absolute Gasteiger partial charge is 0.117 e. The second-order valence-electron chi connectivity index (χ2n) is 4.18. The Morgan fingerprint density at radius 1 is 1.24 bits per heavy atom. The third-order valence-corrected chi connectivity index (χ3v) is 2.90. The first-order valence-electron chi connectivity index (χ1n) is 5.99. The van der Waals surface area contributed by atoms with Crippen molar-refractivity contribution in [2.75, 3.05) is 0 Å². The van der Waals surface area contributed by atoms with Crippen molar-refractivity contribution in [2.45, 2.75) is 32.9 Å². The topological polar surface area (TPSA) is 53.6 Å². The standard InChI is InChI=1S/C13H18N4/c1-3-10(2)14-9-12-13(16-17-15-12)11-7-5-4-6-8-11/h4-8,10,14H,3,9H2,1-2H3,(H,15,16,17). The minimum absolute atomic E-state index is 0.496. The van der Waals surface area contributed by atoms with E-state index >= 15 is 0 Å². The molecular weight excluding hydrogens is 212 g/mol. The number of aromatic amines is 1. The molecule has 4 heteroatoms. The first kappa shape index (κ1) is 11.8. The SMILES string of the molecule is CCC(C)NCc1n[nH]nc1-c1ccccc1. The normalized spacial score (nSPS) is 12.6. The van der Waals surface area contributed by atoms with Gasteiger partial charge in [-0.15, -0.1) is 0 Å². The van der Waals surface area contributed by atoms with Crippen LogP contribution >= 0.6 is 0 Å². The molecule has 0 radical (unpaired) electrons. The van der Waals surface area contributed by atoms with E-state index in [0.717, 1.165) is 29.9 Å². The highest BCUT2D eigenvalue weighted by atomic mass is 15.3. The van der Waals surface area contributed by atoms with Gasteiger partial charge in [-0.05, 0) is 13.3 Å². The second kappa shape index (κ2) is 5.59. The summed E-state index contributed by atoms with van der Waals surface area (Å²) in [5.41, 5.74) is 3.00. The Morgan fingerprint density at radius 3 is 2.71 bits per heavy atom. The molecule has 0 fully saturated rings. The van der Waals surface area contributed by atoms with Gasteiger partial charge in [0.05, 0.1) is 0 Å². The van der Waals surface area contributed by atoms with Crippen molar-refractivity contribution in [3.05, 3.63) is 36.0 Å². The fourth-order valence-electron chi connectivity index (χ4n) is 1.62. The molecule has 90 valence electrons. The van der Waals surface area contributed by atoms with E-state index in [0.29, 0.717) is 6.04 Å². The highest BCUT2D eigenvalue weighted by Gasteiger charge is 2.10. The van der Waals surface area contributed by atoms with E-state index in [-0.39, 0.29) is 0 Å². The fraction of sp³-hybridized carbons (Fsp3) is 0.385. The number of hydrogen-bond acceptors (Lipinski definition) is 3. The van der Waals surface area contributed by atoms with Crippen molar-refractivity contribution in [2.24, 2.45) is 0 Å². The van der Waals surface area contributed by atoms with Crippen LogP contribution in [0.3, 0.4) is 0 Å². The maximum absolute atomic E-state index is 4.21. The van der Waals surface area contributed by atoms with Crippen LogP contribution in [0.25, 0.3) is 11.3 Å². The Morgan fingerprint density at radius 2 is 2.00 bits per heavy atom. The van der Waals surface area contributed by atoms with E-state index in [1.807, 2.05) is 30.3 Å². The van der Waals surface area contributed by atoms with Gasteiger partial charge in [0.2, 0.25) is 0 Å². The van der Waals surface area contributed by atoms with Gasteiger partial charge in [0.15, 0.2) is 0 Å². The molecule has 0 bridgehead atoms. The molecular formula is C13H18N4. The van der Waals surface area contributed by atoms with Crippen LogP contribution in [-0.2, 0) is 6.54 Å². The van der Waals surface area contributed by atoms with Gasteiger partial charge >= 0.3 is 0 Å². The number of nitrogens with one attached hydrogen (secondary N) is 2. The van der Waals surface area contributed by atoms with Crippen molar-refractivity contribution in [3.63, 3.8) is 0 Å². The van der Waals surface area contributed by atoms with Gasteiger partial charge in [-0.2, -0.15) is 15.4 Å². The highest BCUT2D eigenvalue weighted by Crippen LogP contribution is 2.18. The molecule has 0 aliphatic heterocycles. The minimum atomic E-state index is 0.496. The Kier molecular flexibility index (Phi) is 3.88. The number of rotatable bonds is 5. The van der Waals surface area contributed by atoms with Crippen LogP contribution in [0.15, 0.2) is 30.3 Å². The van der Waals surface area contributed by atoms with E-state index in [1.54, 1.807) is 0 Å². The zero-order chi connectivity index (χ0) is 12.1. The van der Waals surface area contributed by atoms with Gasteiger partial charge in [-0.25, -0.2) is 0 Å². The quantitative estimate of drug-likeness (QED) is 0.829. The Bertz CT molecular complexity index is 449. The number of nitrogens with zero attached hydrogens (tertiary/aromatic N) is 2. The molecule has 1 aromatic heterocycles. The summed E-state index contributed by atoms with van der Waals surface area (Å²) in [5, 5.41) is 14.5. The first-order chi connectivity index (χ1) is 8.31. The lowest BCUT2D eigenvalue weighted by Crippen LogP contribution is -2.24. The number of hydrogen-bond donors (Lipinski definition) is 2. The van der Waals surface area contributed by atoms with Gasteiger partial charge in [-0.1, -0.05) is 37.3 Å². The Labute approximate surface area is 101 Å². The lowest BCUT2D eigenvalue weighted by atomic mass is 10.1. The number of H-pyrrole nitrogens is 1. The predicted octanol–water partition coefficient (Wildman–Crippen LogP) is 2.36. The third-order valence-electron chi connectivity index (χ3n) is 2.90. The summed E-state index contributed by atoms with van der Waals surface area (Å²) in [6, 6.07) is 10.6. The predicted molar refractivity (Wildman–Crippen MR) is 68.4 cm³/mol. The summed E-state index contributed by atoms with van der Waals surface area (Å²) in [5.74, 6) is 0. The monoisotopic (exact) mass is 230 g/mol. The molecule has 0 aliphatic carbocycles. The summed E-state index contributed by atoms with van der Waals surface area (Å²) >= 11 is 0. The summed E-state index contributed by atoms with van der Waals surface area (Å²) in [6.07, 6.45) is 1.11. The van der Waals surface area contributed by atoms with Gasteiger partial charge < -0.3 is 5.32 Å². The van der Waals surface area contributed by atoms with Crippen LogP contribution in [-0.4, -0.2) is 21.5 Å². The lowest BCUT2D eigenvalue weighted by molar-refractivity contribution is 0.529. The average molecular weight is 230 g/mol. The third kappa shape index (κ3) is 2.91. The number of benzene rings is 1. The van der Waals surface area contributed by atoms with E-state index in [4.69, 9.17) is 0 Å². The van der Waals surface area contributed by atoms with Crippen LogP contribution in [0.5, 0.6) is 0 Å². The number of aromatic nitrogens is 3. The molecule has 2 N–H and O–H groups in total. The van der Waals surface area contributed by atoms with E-state index in [1.165, 1.54) is 0 Å². The summed E-state index contributed by atoms with van der Waals surface area (Å²) in [6.45, 7) is 5.08. The van der Waals surface area contributed by atoms with Gasteiger partial charge in [-0.3, -0.25) is 0 Å². The molecule has 0 amide bonds. The molecule has 2 aromatic rings. The minimum Gasteiger partial charge on any atom is -0.309 e. The molecule has 0 aliphatic rings. The first-order valence-corrected chi connectivity index (χ1v) is 5.99. The van der Waals surface area contributed by atoms with Crippen LogP contribution < -0.4 is 5.32 Å². The van der Waals surface area contributed by atoms with Crippen molar-refractivity contribution >= 4 is 0 Å². The fourth-order valence-corrected chi connectivity index (χ4v) is 1.62. The second-order valence-corrected chi connectivity index (χ2v) is 4.18. The summed E-state index contributed by atoms with van der Waals surface area (Å²) in [4.78, 5) is 0. The van der Waals surface area contributed by atoms with E-state index in [9.17, 15) is 0 Å². The van der Waals surface area contributed by atoms with Crippen LogP contribution in [0.1, 0.15) is 26.0 Å². The van der Waals surface area contributed by atoms with Crippen molar-refractivity contribution in [1.82, 2.24) is 20.7 Å². The average Bonchev–Trinajstić information content (AvgIpc) is 2.85. The molecule has 1 atom stereocenters. The molecule has 0 saturated carbocycles. The maximum Gasteiger partial charge on any atom is 0.117 e. The van der Waals surface area contributed by atoms with Crippen molar-refractivity contribution in [1.29, 1.82) is 0 Å². The maximum atomic E-state index is 4.21. The molecule has 1 unspecified atom stereocenters. The summed E-state index contributed by atoms with van der Waals surface area (Å²) in [7, 11) is 0. The molecule has 17 heavy (non-hydrogen) atoms. The molecule has 1 aromatic carbocycles. The Hall–Kier alpha value is -1.68. The Balaban J connectivity index is 2.12. The highest BCUT2D eigenvalue weighted by molar-refractivity contribution is 5.60. The van der Waals surface area contributed by atoms with Gasteiger partial charge in [0.1, 0.15) is 11.4 Å². The summed E-state index contributed by atoms with van der Waals surface area (Å²) < 4.78 is 0. The zero-order valence-electron chi connectivity index (χ0n) is 10.3. The van der Waals surface area contributed by atoms with E-state index in [2.05, 4.69) is 34.6 Å². The zero-order valence-corrected chi connectivity index (χ0v) is 10.3. The van der Waals surface area contributed by atoms with Gasteiger partial charge in [0.25, 0.3) is 0 Å². The molecule has 0 spiro atoms. The molecule has 2 rings (SSSR count).